The first kappa shape index (κ1) is 14.8. The van der Waals surface area contributed by atoms with E-state index in [4.69, 9.17) is 4.74 Å². The zero-order chi connectivity index (χ0) is 15.7. The van der Waals surface area contributed by atoms with Crippen molar-refractivity contribution in [1.29, 1.82) is 0 Å². The number of nitrogens with zero attached hydrogens (tertiary/aromatic N) is 3. The van der Waals surface area contributed by atoms with Crippen molar-refractivity contribution in [3.63, 3.8) is 0 Å². The third kappa shape index (κ3) is 2.64. The Labute approximate surface area is 130 Å². The van der Waals surface area contributed by atoms with Gasteiger partial charge in [-0.1, -0.05) is 18.2 Å². The summed E-state index contributed by atoms with van der Waals surface area (Å²) in [6.45, 7) is 7.88. The molecular weight excluding hydrogens is 278 g/mol. The average molecular weight is 299 g/mol. The van der Waals surface area contributed by atoms with Gasteiger partial charge in [0.1, 0.15) is 5.60 Å². The normalized spacial score (nSPS) is 16.4. The Hall–Kier alpha value is -2.14. The van der Waals surface area contributed by atoms with Crippen LogP contribution in [-0.4, -0.2) is 45.9 Å². The maximum Gasteiger partial charge on any atom is 0.274 e. The van der Waals surface area contributed by atoms with E-state index >= 15 is 0 Å². The molecule has 1 saturated heterocycles. The number of carbonyl (C=O) groups excluding carboxylic acids is 1. The van der Waals surface area contributed by atoms with Gasteiger partial charge in [0.15, 0.2) is 5.69 Å². The number of benzene rings is 1. The first-order valence-electron chi connectivity index (χ1n) is 7.58. The second-order valence-electron chi connectivity index (χ2n) is 5.96. The Kier molecular flexibility index (Phi) is 3.74. The highest BCUT2D eigenvalue weighted by molar-refractivity contribution is 5.93. The minimum atomic E-state index is -0.207. The van der Waals surface area contributed by atoms with Crippen molar-refractivity contribution in [2.24, 2.45) is 0 Å². The number of hydrogen-bond donors (Lipinski definition) is 0. The van der Waals surface area contributed by atoms with Crippen LogP contribution in [0.1, 0.15) is 30.0 Å². The van der Waals surface area contributed by atoms with Gasteiger partial charge in [0.05, 0.1) is 18.8 Å². The molecule has 116 valence electrons. The second-order valence-corrected chi connectivity index (χ2v) is 5.96. The zero-order valence-electron chi connectivity index (χ0n) is 13.2. The quantitative estimate of drug-likeness (QED) is 0.871. The molecule has 2 aromatic rings. The van der Waals surface area contributed by atoms with Crippen LogP contribution in [0.5, 0.6) is 0 Å². The molecule has 0 unspecified atom stereocenters. The summed E-state index contributed by atoms with van der Waals surface area (Å²) in [5.41, 5.74) is 2.19. The molecule has 5 heteroatoms. The van der Waals surface area contributed by atoms with Crippen molar-refractivity contribution in [1.82, 2.24) is 14.7 Å². The molecule has 1 fully saturated rings. The van der Waals surface area contributed by atoms with Gasteiger partial charge in [-0.25, -0.2) is 4.68 Å². The Morgan fingerprint density at radius 1 is 1.32 bits per heavy atom. The highest BCUT2D eigenvalue weighted by atomic mass is 16.5. The van der Waals surface area contributed by atoms with Crippen LogP contribution in [0.15, 0.2) is 36.4 Å². The molecule has 0 bridgehead atoms. The number of carbonyl (C=O) groups is 1. The van der Waals surface area contributed by atoms with Gasteiger partial charge in [-0.05, 0) is 39.0 Å². The van der Waals surface area contributed by atoms with Gasteiger partial charge in [-0.3, -0.25) is 4.79 Å². The highest BCUT2D eigenvalue weighted by Crippen LogP contribution is 2.26. The van der Waals surface area contributed by atoms with Crippen LogP contribution in [0.25, 0.3) is 5.69 Å². The molecule has 1 amide bonds. The molecule has 1 aromatic heterocycles. The molecular formula is C17H21N3O2. The van der Waals surface area contributed by atoms with Gasteiger partial charge in [-0.15, -0.1) is 0 Å². The lowest BCUT2D eigenvalue weighted by Gasteiger charge is -2.47. The van der Waals surface area contributed by atoms with Gasteiger partial charge >= 0.3 is 0 Å². The minimum Gasteiger partial charge on any atom is -0.372 e. The molecule has 1 aromatic carbocycles. The van der Waals surface area contributed by atoms with Gasteiger partial charge in [-0.2, -0.15) is 5.10 Å². The lowest BCUT2D eigenvalue weighted by molar-refractivity contribution is -0.113. The van der Waals surface area contributed by atoms with E-state index in [-0.39, 0.29) is 11.5 Å². The van der Waals surface area contributed by atoms with Gasteiger partial charge in [0.25, 0.3) is 5.91 Å². The van der Waals surface area contributed by atoms with E-state index in [2.05, 4.69) is 5.10 Å². The second kappa shape index (κ2) is 5.57. The molecule has 0 atom stereocenters. The average Bonchev–Trinajstić information content (AvgIpc) is 2.87. The third-order valence-electron chi connectivity index (χ3n) is 3.94. The fourth-order valence-corrected chi connectivity index (χ4v) is 2.92. The van der Waals surface area contributed by atoms with Crippen molar-refractivity contribution in [2.45, 2.75) is 26.4 Å². The highest BCUT2D eigenvalue weighted by Gasteiger charge is 2.42. The number of likely N-dealkylation sites (tertiary alicyclic amines) is 1. The Morgan fingerprint density at radius 3 is 2.64 bits per heavy atom. The van der Waals surface area contributed by atoms with Crippen molar-refractivity contribution >= 4 is 5.91 Å². The molecule has 1 aliphatic rings. The monoisotopic (exact) mass is 299 g/mol. The molecule has 0 N–H and O–H groups in total. The summed E-state index contributed by atoms with van der Waals surface area (Å²) >= 11 is 0. The SMILES string of the molecule is CCOC1(C)CN(C(=O)c2cc(C)n(-c3ccccc3)n2)C1. The van der Waals surface area contributed by atoms with E-state index in [1.54, 1.807) is 9.58 Å². The van der Waals surface area contributed by atoms with E-state index in [1.165, 1.54) is 0 Å². The van der Waals surface area contributed by atoms with Crippen molar-refractivity contribution in [3.05, 3.63) is 47.8 Å². The van der Waals surface area contributed by atoms with Crippen molar-refractivity contribution in [2.75, 3.05) is 19.7 Å². The molecule has 1 aliphatic heterocycles. The number of aromatic nitrogens is 2. The third-order valence-corrected chi connectivity index (χ3v) is 3.94. The van der Waals surface area contributed by atoms with Crippen molar-refractivity contribution < 1.29 is 9.53 Å². The molecule has 22 heavy (non-hydrogen) atoms. The fourth-order valence-electron chi connectivity index (χ4n) is 2.92. The Morgan fingerprint density at radius 2 is 2.00 bits per heavy atom. The first-order valence-corrected chi connectivity index (χ1v) is 7.58. The number of hydrogen-bond acceptors (Lipinski definition) is 3. The first-order chi connectivity index (χ1) is 10.5. The van der Waals surface area contributed by atoms with Crippen LogP contribution in [0.3, 0.4) is 0 Å². The topological polar surface area (TPSA) is 47.4 Å². The molecule has 0 aliphatic carbocycles. The summed E-state index contributed by atoms with van der Waals surface area (Å²) in [7, 11) is 0. The van der Waals surface area contributed by atoms with E-state index in [9.17, 15) is 4.79 Å². The maximum absolute atomic E-state index is 12.5. The van der Waals surface area contributed by atoms with E-state index in [1.807, 2.05) is 57.2 Å². The van der Waals surface area contributed by atoms with Gasteiger partial charge in [0.2, 0.25) is 0 Å². The minimum absolute atomic E-state index is 0.0324. The summed E-state index contributed by atoms with van der Waals surface area (Å²) < 4.78 is 7.46. The lowest BCUT2D eigenvalue weighted by atomic mass is 9.96. The molecule has 2 heterocycles. The zero-order valence-corrected chi connectivity index (χ0v) is 13.2. The van der Waals surface area contributed by atoms with Crippen LogP contribution < -0.4 is 0 Å². The van der Waals surface area contributed by atoms with Crippen molar-refractivity contribution in [3.8, 4) is 5.69 Å². The van der Waals surface area contributed by atoms with Crippen LogP contribution in [0.2, 0.25) is 0 Å². The number of aryl methyl sites for hydroxylation is 1. The Bertz CT molecular complexity index is 672. The summed E-state index contributed by atoms with van der Waals surface area (Å²) in [6, 6.07) is 11.7. The summed E-state index contributed by atoms with van der Waals surface area (Å²) in [5, 5.41) is 4.46. The van der Waals surface area contributed by atoms with Crippen LogP contribution in [0.4, 0.5) is 0 Å². The smallest absolute Gasteiger partial charge is 0.274 e. The van der Waals surface area contributed by atoms with Gasteiger partial charge < -0.3 is 9.64 Å². The standard InChI is InChI=1S/C17H21N3O2/c1-4-22-17(3)11-19(12-17)16(21)15-10-13(2)20(18-15)14-8-6-5-7-9-14/h5-10H,4,11-12H2,1-3H3. The molecule has 3 rings (SSSR count). The molecule has 0 spiro atoms. The Balaban J connectivity index is 1.76. The largest absolute Gasteiger partial charge is 0.372 e. The molecule has 0 radical (unpaired) electrons. The van der Waals surface area contributed by atoms with Gasteiger partial charge in [0, 0.05) is 12.3 Å². The predicted molar refractivity (Wildman–Crippen MR) is 84.2 cm³/mol. The summed E-state index contributed by atoms with van der Waals surface area (Å²) in [6.07, 6.45) is 0. The summed E-state index contributed by atoms with van der Waals surface area (Å²) in [4.78, 5) is 14.3. The lowest BCUT2D eigenvalue weighted by Crippen LogP contribution is -2.63. The van der Waals surface area contributed by atoms with E-state index in [0.717, 1.165) is 11.4 Å². The van der Waals surface area contributed by atoms with E-state index in [0.29, 0.717) is 25.4 Å². The van der Waals surface area contributed by atoms with Crippen LogP contribution in [-0.2, 0) is 4.74 Å². The molecule has 0 saturated carbocycles. The number of amides is 1. The van der Waals surface area contributed by atoms with Crippen LogP contribution in [0, 0.1) is 6.92 Å². The fraction of sp³-hybridized carbons (Fsp3) is 0.412. The van der Waals surface area contributed by atoms with E-state index < -0.39 is 0 Å². The number of para-hydroxylation sites is 1. The maximum atomic E-state index is 12.5. The predicted octanol–water partition coefficient (Wildman–Crippen LogP) is 2.43. The van der Waals surface area contributed by atoms with Crippen LogP contribution >= 0.6 is 0 Å². The number of rotatable bonds is 4. The summed E-state index contributed by atoms with van der Waals surface area (Å²) in [5.74, 6) is -0.0324. The molecule has 5 nitrogen and oxygen atoms in total. The number of ether oxygens (including phenoxy) is 1.